The highest BCUT2D eigenvalue weighted by Crippen LogP contribution is 2.26. The molecule has 0 bridgehead atoms. The Morgan fingerprint density at radius 3 is 2.58 bits per heavy atom. The van der Waals surface area contributed by atoms with Crippen molar-refractivity contribution >= 4 is 5.78 Å². The van der Waals surface area contributed by atoms with Crippen molar-refractivity contribution in [2.24, 2.45) is 0 Å². The van der Waals surface area contributed by atoms with Crippen LogP contribution in [0.5, 0.6) is 11.6 Å². The van der Waals surface area contributed by atoms with E-state index in [1.165, 1.54) is 6.92 Å². The number of carbonyl (C=O) groups is 1. The Kier molecular flexibility index (Phi) is 5.97. The second-order valence-corrected chi connectivity index (χ2v) is 5.72. The average molecular weight is 352 g/mol. The summed E-state index contributed by atoms with van der Waals surface area (Å²) in [6.45, 7) is 7.46. The van der Waals surface area contributed by atoms with E-state index in [0.717, 1.165) is 4.57 Å². The van der Waals surface area contributed by atoms with Crippen molar-refractivity contribution < 1.29 is 14.6 Å². The van der Waals surface area contributed by atoms with E-state index < -0.39 is 17.2 Å². The van der Waals surface area contributed by atoms with E-state index >= 15 is 0 Å². The Bertz CT molecular complexity index is 934. The largest absolute Gasteiger partial charge is 0.494 e. The highest BCUT2D eigenvalue weighted by Gasteiger charge is 2.24. The molecule has 0 amide bonds. The number of hydrogen-bond acceptors (Lipinski definition) is 5. The van der Waals surface area contributed by atoms with Crippen molar-refractivity contribution in [3.8, 4) is 17.7 Å². The van der Waals surface area contributed by atoms with Crippen molar-refractivity contribution in [2.45, 2.75) is 26.8 Å². The number of rotatable bonds is 7. The summed E-state index contributed by atoms with van der Waals surface area (Å²) in [6, 6.07) is 8.25. The fraction of sp³-hybridized carbons (Fsp3) is 0.250. The lowest BCUT2D eigenvalue weighted by atomic mass is 9.97. The molecule has 26 heavy (non-hydrogen) atoms. The lowest BCUT2D eigenvalue weighted by Gasteiger charge is -2.15. The van der Waals surface area contributed by atoms with E-state index in [1.807, 2.05) is 13.0 Å². The molecule has 0 unspecified atom stereocenters. The minimum absolute atomic E-state index is 0.0330. The Morgan fingerprint density at radius 2 is 2.04 bits per heavy atom. The van der Waals surface area contributed by atoms with Crippen molar-refractivity contribution in [1.82, 2.24) is 4.57 Å². The Labute approximate surface area is 151 Å². The summed E-state index contributed by atoms with van der Waals surface area (Å²) in [6.07, 6.45) is 2.19. The maximum Gasteiger partial charge on any atom is 0.271 e. The predicted octanol–water partition coefficient (Wildman–Crippen LogP) is 2.94. The van der Waals surface area contributed by atoms with E-state index in [1.54, 1.807) is 30.3 Å². The van der Waals surface area contributed by atoms with Gasteiger partial charge in [-0.1, -0.05) is 19.6 Å². The molecule has 2 rings (SSSR count). The molecule has 1 N–H and O–H groups in total. The third-order valence-corrected chi connectivity index (χ3v) is 3.96. The van der Waals surface area contributed by atoms with Crippen LogP contribution < -0.4 is 10.3 Å². The molecule has 0 radical (unpaired) electrons. The van der Waals surface area contributed by atoms with Crippen LogP contribution in [-0.2, 0) is 6.54 Å². The summed E-state index contributed by atoms with van der Waals surface area (Å²) >= 11 is 0. The van der Waals surface area contributed by atoms with Crippen LogP contribution in [0.2, 0.25) is 0 Å². The predicted molar refractivity (Wildman–Crippen MR) is 97.7 cm³/mol. The van der Waals surface area contributed by atoms with Gasteiger partial charge in [0.05, 0.1) is 5.56 Å². The van der Waals surface area contributed by atoms with E-state index in [-0.39, 0.29) is 23.2 Å². The molecular weight excluding hydrogens is 332 g/mol. The van der Waals surface area contributed by atoms with Crippen molar-refractivity contribution in [3.63, 3.8) is 0 Å². The summed E-state index contributed by atoms with van der Waals surface area (Å²) < 4.78 is 6.45. The van der Waals surface area contributed by atoms with E-state index in [4.69, 9.17) is 4.74 Å². The summed E-state index contributed by atoms with van der Waals surface area (Å²) in [5, 5.41) is 19.8. The summed E-state index contributed by atoms with van der Waals surface area (Å²) in [4.78, 5) is 25.2. The topological polar surface area (TPSA) is 92.3 Å². The molecule has 0 saturated carbocycles. The van der Waals surface area contributed by atoms with Crippen LogP contribution in [0.25, 0.3) is 0 Å². The van der Waals surface area contributed by atoms with Crippen LogP contribution in [0.3, 0.4) is 0 Å². The summed E-state index contributed by atoms with van der Waals surface area (Å²) in [7, 11) is 0. The third-order valence-electron chi connectivity index (χ3n) is 3.96. The van der Waals surface area contributed by atoms with Gasteiger partial charge in [-0.3, -0.25) is 14.2 Å². The monoisotopic (exact) mass is 352 g/mol. The standard InChI is InChI=1S/C20H20N2O4/c1-4-10-22-19(24)16(12-21)13(3)17(20(22)25)18(23)14-6-8-15(9-7-14)26-11-5-2/h5-9,25H,2,4,10-11H2,1,3H3. The molecule has 134 valence electrons. The van der Waals surface area contributed by atoms with Crippen molar-refractivity contribution in [3.05, 3.63) is 69.5 Å². The normalized spacial score (nSPS) is 10.2. The molecular formula is C20H20N2O4. The van der Waals surface area contributed by atoms with Gasteiger partial charge in [-0.15, -0.1) is 0 Å². The van der Waals surface area contributed by atoms with Gasteiger partial charge in [0.25, 0.3) is 5.56 Å². The fourth-order valence-electron chi connectivity index (χ4n) is 2.66. The van der Waals surface area contributed by atoms with Gasteiger partial charge in [0.15, 0.2) is 5.78 Å². The number of pyridine rings is 1. The van der Waals surface area contributed by atoms with Crippen molar-refractivity contribution in [1.29, 1.82) is 5.26 Å². The van der Waals surface area contributed by atoms with Crippen LogP contribution in [0.1, 0.15) is 40.4 Å². The van der Waals surface area contributed by atoms with Crippen LogP contribution in [0.4, 0.5) is 0 Å². The second-order valence-electron chi connectivity index (χ2n) is 5.72. The van der Waals surface area contributed by atoms with Gasteiger partial charge in [-0.2, -0.15) is 5.26 Å². The smallest absolute Gasteiger partial charge is 0.271 e. The highest BCUT2D eigenvalue weighted by atomic mass is 16.5. The highest BCUT2D eigenvalue weighted by molar-refractivity contribution is 6.11. The minimum atomic E-state index is -0.589. The number of nitriles is 1. The van der Waals surface area contributed by atoms with Gasteiger partial charge in [0.2, 0.25) is 5.88 Å². The zero-order valence-electron chi connectivity index (χ0n) is 14.8. The maximum absolute atomic E-state index is 12.9. The third kappa shape index (κ3) is 3.52. The Morgan fingerprint density at radius 1 is 1.38 bits per heavy atom. The summed E-state index contributed by atoms with van der Waals surface area (Å²) in [5.41, 5.74) is -0.256. The van der Waals surface area contributed by atoms with Gasteiger partial charge in [0.1, 0.15) is 24.0 Å². The molecule has 0 aliphatic carbocycles. The van der Waals surface area contributed by atoms with E-state index in [9.17, 15) is 20.0 Å². The first-order valence-corrected chi connectivity index (χ1v) is 8.21. The first-order valence-electron chi connectivity index (χ1n) is 8.21. The van der Waals surface area contributed by atoms with Crippen LogP contribution in [0.15, 0.2) is 41.7 Å². The molecule has 0 fully saturated rings. The fourth-order valence-corrected chi connectivity index (χ4v) is 2.66. The number of ether oxygens (including phenoxy) is 1. The van der Waals surface area contributed by atoms with Gasteiger partial charge in [-0.25, -0.2) is 0 Å². The number of nitrogens with zero attached hydrogens (tertiary/aromatic N) is 2. The Balaban J connectivity index is 2.55. The molecule has 6 heteroatoms. The molecule has 0 spiro atoms. The lowest BCUT2D eigenvalue weighted by Crippen LogP contribution is -2.26. The van der Waals surface area contributed by atoms with Crippen molar-refractivity contribution in [2.75, 3.05) is 6.61 Å². The number of carbonyl (C=O) groups excluding carboxylic acids is 1. The molecule has 1 heterocycles. The average Bonchev–Trinajstić information content (AvgIpc) is 2.64. The minimum Gasteiger partial charge on any atom is -0.494 e. The van der Waals surface area contributed by atoms with Crippen LogP contribution >= 0.6 is 0 Å². The Hall–Kier alpha value is -3.33. The SMILES string of the molecule is C=CCOc1ccc(C(=O)c2c(C)c(C#N)c(=O)n(CCC)c2O)cc1. The first kappa shape index (κ1) is 19.0. The van der Waals surface area contributed by atoms with Gasteiger partial charge >= 0.3 is 0 Å². The maximum atomic E-state index is 12.9. The van der Waals surface area contributed by atoms with Gasteiger partial charge in [-0.05, 0) is 43.2 Å². The molecule has 1 aromatic carbocycles. The van der Waals surface area contributed by atoms with Gasteiger partial charge in [0, 0.05) is 12.1 Å². The van der Waals surface area contributed by atoms with Crippen LogP contribution in [-0.4, -0.2) is 22.1 Å². The number of hydrogen-bond donors (Lipinski definition) is 1. The molecule has 0 atom stereocenters. The zero-order valence-corrected chi connectivity index (χ0v) is 14.8. The van der Waals surface area contributed by atoms with Gasteiger partial charge < -0.3 is 9.84 Å². The molecule has 6 nitrogen and oxygen atoms in total. The molecule has 0 aliphatic heterocycles. The molecule has 2 aromatic rings. The molecule has 0 aliphatic rings. The number of aromatic nitrogens is 1. The lowest BCUT2D eigenvalue weighted by molar-refractivity contribution is 0.103. The first-order chi connectivity index (χ1) is 12.5. The zero-order chi connectivity index (χ0) is 19.3. The molecule has 1 aromatic heterocycles. The van der Waals surface area contributed by atoms with E-state index in [0.29, 0.717) is 24.3 Å². The number of benzene rings is 1. The quantitative estimate of drug-likeness (QED) is 0.611. The summed E-state index contributed by atoms with van der Waals surface area (Å²) in [5.74, 6) is -0.294. The van der Waals surface area contributed by atoms with E-state index in [2.05, 4.69) is 6.58 Å². The number of aromatic hydroxyl groups is 1. The number of ketones is 1. The second kappa shape index (κ2) is 8.17. The molecule has 0 saturated heterocycles. The van der Waals surface area contributed by atoms with Crippen LogP contribution in [0, 0.1) is 18.3 Å².